The maximum atomic E-state index is 9.89. The van der Waals surface area contributed by atoms with Gasteiger partial charge >= 0.3 is 0 Å². The van der Waals surface area contributed by atoms with E-state index in [1.807, 2.05) is 72.9 Å². The van der Waals surface area contributed by atoms with Gasteiger partial charge in [0.1, 0.15) is 5.82 Å². The summed E-state index contributed by atoms with van der Waals surface area (Å²) in [7, 11) is 0. The summed E-state index contributed by atoms with van der Waals surface area (Å²) in [5, 5.41) is 1.94. The first-order valence-corrected chi connectivity index (χ1v) is 24.1. The van der Waals surface area contributed by atoms with Crippen LogP contribution in [0.3, 0.4) is 0 Å². The standard InChI is InChI=1S/C68H52N4O.Pt/c1-67(2,3)47-32-30-44(31-33-47)46-38-60-56-25-13-11-23-54(56)53-22-10-12-24-55(53)59-28-17-27-52(45-18-8-7-9-19-45)65(59)71-43-70(63(39-46)66(60)71)49-20-16-21-50(41-49)73-51-34-35-58-57-26-14-15-29-61(57)72(62(58)42-51)64-40-48(36-37-69-64)68(4,5)6;/h7-40H,1-6H3;/q-2;/i7D,8D,9D,10D,11D,12D,13D,18D,19D,22D,23D,24D,25D;. The van der Waals surface area contributed by atoms with Crippen molar-refractivity contribution in [3.8, 4) is 84.3 Å². The summed E-state index contributed by atoms with van der Waals surface area (Å²) in [6.45, 7) is 12.8. The smallest absolute Gasteiger partial charge is 0.268 e. The predicted molar refractivity (Wildman–Crippen MR) is 298 cm³/mol. The van der Waals surface area contributed by atoms with E-state index in [0.29, 0.717) is 22.5 Å². The molecule has 0 amide bonds. The maximum absolute atomic E-state index is 9.89. The van der Waals surface area contributed by atoms with Crippen LogP contribution >= 0.6 is 0 Å². The van der Waals surface area contributed by atoms with E-state index in [2.05, 4.69) is 76.7 Å². The van der Waals surface area contributed by atoms with E-state index in [1.165, 1.54) is 0 Å². The summed E-state index contributed by atoms with van der Waals surface area (Å²) >= 11 is 0. The van der Waals surface area contributed by atoms with Crippen LogP contribution in [0.2, 0.25) is 0 Å². The summed E-state index contributed by atoms with van der Waals surface area (Å²) in [4.78, 5) is 4.84. The Kier molecular flexibility index (Phi) is 8.41. The van der Waals surface area contributed by atoms with E-state index in [4.69, 9.17) is 17.9 Å². The van der Waals surface area contributed by atoms with Crippen molar-refractivity contribution >= 4 is 32.8 Å². The minimum absolute atomic E-state index is 0. The molecule has 6 heteroatoms. The van der Waals surface area contributed by atoms with E-state index in [0.717, 1.165) is 44.3 Å². The van der Waals surface area contributed by atoms with Gasteiger partial charge in [0.2, 0.25) is 0 Å². The number of hydrogen-bond acceptors (Lipinski definition) is 2. The SMILES string of the molecule is [2H]c1c([2H])c([2H])c(-c2cccc3c2-[n+]2[c-]n(-c4[c-]c(Oc5[c-]c6c(cc5)c5ccccc5n6-c5cc(C(C)(C)C)ccn5)ccc4)c4cc(-c5ccc(C(C)(C)C)cc5)cc(c42)-c2c([2H])c([2H])c([2H])c([2H])c2-c2c([2H])c([2H])c([2H])c([2H])c2-3)c([2H])c1[2H].[Pt]. The van der Waals surface area contributed by atoms with Gasteiger partial charge in [-0.15, -0.1) is 29.7 Å². The maximum Gasteiger partial charge on any atom is 0.268 e. The molecule has 0 fully saturated rings. The zero-order chi connectivity index (χ0) is 60.9. The van der Waals surface area contributed by atoms with Gasteiger partial charge in [-0.3, -0.25) is 4.57 Å². The molecule has 9 aromatic carbocycles. The second-order valence-corrected chi connectivity index (χ2v) is 20.3. The van der Waals surface area contributed by atoms with Gasteiger partial charge in [-0.05, 0) is 113 Å². The van der Waals surface area contributed by atoms with Crippen molar-refractivity contribution < 1.29 is 48.2 Å². The monoisotopic (exact) mass is 1150 g/mol. The summed E-state index contributed by atoms with van der Waals surface area (Å²) in [6.07, 6.45) is 5.36. The molecular formula is C68H52N4OPt-2. The Morgan fingerprint density at radius 1 is 0.514 bits per heavy atom. The first-order chi connectivity index (χ1) is 40.8. The third-order valence-electron chi connectivity index (χ3n) is 13.6. The zero-order valence-corrected chi connectivity index (χ0v) is 43.4. The van der Waals surface area contributed by atoms with Gasteiger partial charge in [-0.2, -0.15) is 18.2 Å². The van der Waals surface area contributed by atoms with Crippen molar-refractivity contribution in [3.05, 3.63) is 236 Å². The molecule has 0 unspecified atom stereocenters. The van der Waals surface area contributed by atoms with Crippen LogP contribution in [0, 0.1) is 18.5 Å². The second-order valence-electron chi connectivity index (χ2n) is 20.3. The molecule has 362 valence electrons. The van der Waals surface area contributed by atoms with Crippen LogP contribution in [0.4, 0.5) is 0 Å². The molecule has 0 aliphatic carbocycles. The molecule has 0 bridgehead atoms. The third kappa shape index (κ3) is 7.98. The molecule has 74 heavy (non-hydrogen) atoms. The van der Waals surface area contributed by atoms with Crippen LogP contribution in [0.1, 0.15) is 70.5 Å². The van der Waals surface area contributed by atoms with Gasteiger partial charge in [0.05, 0.1) is 34.5 Å². The zero-order valence-electron chi connectivity index (χ0n) is 54.1. The van der Waals surface area contributed by atoms with Crippen molar-refractivity contribution in [1.82, 2.24) is 14.1 Å². The van der Waals surface area contributed by atoms with Crippen LogP contribution < -0.4 is 9.30 Å². The van der Waals surface area contributed by atoms with Crippen LogP contribution in [0.25, 0.3) is 106 Å². The molecular weight excluding hydrogens is 1080 g/mol. The number of fused-ring (bicyclic) bond motifs is 10. The summed E-state index contributed by atoms with van der Waals surface area (Å²) in [5.74, 6) is 1.36. The number of ether oxygens (including phenoxy) is 1. The third-order valence-corrected chi connectivity index (χ3v) is 13.6. The number of imidazole rings is 1. The van der Waals surface area contributed by atoms with Gasteiger partial charge < -0.3 is 13.9 Å². The molecule has 5 nitrogen and oxygen atoms in total. The van der Waals surface area contributed by atoms with Crippen LogP contribution in [-0.4, -0.2) is 14.1 Å². The van der Waals surface area contributed by atoms with Crippen molar-refractivity contribution in [2.45, 2.75) is 52.4 Å². The molecule has 0 spiro atoms. The Morgan fingerprint density at radius 2 is 1.16 bits per heavy atom. The Labute approximate surface area is 465 Å². The van der Waals surface area contributed by atoms with Gasteiger partial charge in [-0.1, -0.05) is 192 Å². The molecule has 1 aliphatic rings. The van der Waals surface area contributed by atoms with Crippen LogP contribution in [0.15, 0.2) is 206 Å². The molecule has 0 radical (unpaired) electrons. The summed E-state index contributed by atoms with van der Waals surface area (Å²) < 4.78 is 133. The fourth-order valence-corrected chi connectivity index (χ4v) is 9.99. The van der Waals surface area contributed by atoms with E-state index < -0.39 is 78.6 Å². The van der Waals surface area contributed by atoms with Crippen molar-refractivity contribution in [2.24, 2.45) is 0 Å². The Balaban J connectivity index is 0.00000739. The Hall–Kier alpha value is -8.11. The molecule has 4 heterocycles. The minimum Gasteiger partial charge on any atom is -0.510 e. The first kappa shape index (κ1) is 34.3. The Bertz CT molecular complexity index is 4900. The molecule has 12 aromatic rings. The summed E-state index contributed by atoms with van der Waals surface area (Å²) in [6, 6.07) is 37.1. The van der Waals surface area contributed by atoms with Crippen molar-refractivity contribution in [1.29, 1.82) is 0 Å². The van der Waals surface area contributed by atoms with E-state index >= 15 is 0 Å². The number of aromatic nitrogens is 4. The fourth-order valence-electron chi connectivity index (χ4n) is 9.99. The van der Waals surface area contributed by atoms with Gasteiger partial charge in [-0.25, -0.2) is 4.98 Å². The van der Waals surface area contributed by atoms with Gasteiger partial charge in [0, 0.05) is 44.3 Å². The average Bonchev–Trinajstić information content (AvgIpc) is 1.65. The Morgan fingerprint density at radius 3 is 1.89 bits per heavy atom. The van der Waals surface area contributed by atoms with E-state index in [1.54, 1.807) is 51.6 Å². The molecule has 1 aliphatic heterocycles. The fraction of sp³-hybridized carbons (Fsp3) is 0.118. The number of para-hydroxylation sites is 2. The van der Waals surface area contributed by atoms with Crippen molar-refractivity contribution in [3.63, 3.8) is 0 Å². The number of nitrogens with zero attached hydrogens (tertiary/aromatic N) is 4. The normalized spacial score (nSPS) is 14.5. The first-order valence-electron chi connectivity index (χ1n) is 30.6. The largest absolute Gasteiger partial charge is 0.510 e. The van der Waals surface area contributed by atoms with E-state index in [9.17, 15) is 9.60 Å². The molecule has 0 atom stereocenters. The predicted octanol–water partition coefficient (Wildman–Crippen LogP) is 16.8. The number of benzene rings is 9. The number of rotatable bonds is 6. The van der Waals surface area contributed by atoms with E-state index in [-0.39, 0.29) is 93.4 Å². The minimum atomic E-state index is -0.656. The van der Waals surface area contributed by atoms with Crippen LogP contribution in [0.5, 0.6) is 11.5 Å². The van der Waals surface area contributed by atoms with Crippen molar-refractivity contribution in [2.75, 3.05) is 0 Å². The molecule has 0 saturated heterocycles. The summed E-state index contributed by atoms with van der Waals surface area (Å²) in [5.41, 5.74) is 5.32. The molecule has 0 N–H and O–H groups in total. The van der Waals surface area contributed by atoms with Crippen LogP contribution in [-0.2, 0) is 31.9 Å². The topological polar surface area (TPSA) is 35.9 Å². The number of pyridine rings is 1. The molecule has 3 aromatic heterocycles. The molecule has 0 saturated carbocycles. The van der Waals surface area contributed by atoms with Gasteiger partial charge in [0.25, 0.3) is 6.33 Å². The molecule has 13 rings (SSSR count). The quantitative estimate of drug-likeness (QED) is 0.123. The second kappa shape index (κ2) is 18.1. The number of hydrogen-bond donors (Lipinski definition) is 0. The average molecular weight is 1150 g/mol. The van der Waals surface area contributed by atoms with Gasteiger partial charge in [0.15, 0.2) is 0 Å².